The third kappa shape index (κ3) is 4.73. The Kier molecular flexibility index (Phi) is 6.07. The lowest BCUT2D eigenvalue weighted by molar-refractivity contribution is 0.0844. The van der Waals surface area contributed by atoms with Crippen LogP contribution in [0.5, 0.6) is 0 Å². The molecule has 0 bridgehead atoms. The summed E-state index contributed by atoms with van der Waals surface area (Å²) in [7, 11) is 0. The number of halogens is 1. The van der Waals surface area contributed by atoms with E-state index in [4.69, 9.17) is 0 Å². The first kappa shape index (κ1) is 21.0. The molecule has 0 aliphatic rings. The number of nitrogens with zero attached hydrogens (tertiary/aromatic N) is 2. The Balaban J connectivity index is 1.59. The van der Waals surface area contributed by atoms with Crippen molar-refractivity contribution in [2.45, 2.75) is 13.5 Å². The third-order valence-electron chi connectivity index (χ3n) is 4.93. The zero-order valence-electron chi connectivity index (χ0n) is 17.4. The van der Waals surface area contributed by atoms with E-state index in [9.17, 15) is 14.0 Å². The Morgan fingerprint density at radius 2 is 1.47 bits per heavy atom. The van der Waals surface area contributed by atoms with Gasteiger partial charge in [-0.25, -0.2) is 4.39 Å². The summed E-state index contributed by atoms with van der Waals surface area (Å²) in [4.78, 5) is 25.2. The van der Waals surface area contributed by atoms with Crippen LogP contribution in [0.3, 0.4) is 0 Å². The molecule has 0 saturated heterocycles. The molecular formula is C25H21FN4O2. The minimum Gasteiger partial charge on any atom is -0.267 e. The highest BCUT2D eigenvalue weighted by Crippen LogP contribution is 2.23. The van der Waals surface area contributed by atoms with E-state index in [2.05, 4.69) is 16.0 Å². The van der Waals surface area contributed by atoms with Crippen LogP contribution >= 0.6 is 0 Å². The van der Waals surface area contributed by atoms with Gasteiger partial charge in [-0.15, -0.1) is 0 Å². The Morgan fingerprint density at radius 3 is 2.16 bits per heavy atom. The van der Waals surface area contributed by atoms with Crippen LogP contribution < -0.4 is 10.9 Å². The van der Waals surface area contributed by atoms with Crippen LogP contribution in [0.4, 0.5) is 4.39 Å². The molecule has 0 atom stereocenters. The van der Waals surface area contributed by atoms with Crippen molar-refractivity contribution >= 4 is 11.8 Å². The van der Waals surface area contributed by atoms with E-state index in [1.54, 1.807) is 16.9 Å². The maximum Gasteiger partial charge on any atom is 0.273 e. The highest BCUT2D eigenvalue weighted by Gasteiger charge is 2.19. The molecule has 4 aromatic rings. The molecule has 1 aromatic heterocycles. The van der Waals surface area contributed by atoms with Gasteiger partial charge in [0.1, 0.15) is 11.5 Å². The summed E-state index contributed by atoms with van der Waals surface area (Å²) < 4.78 is 15.5. The zero-order chi connectivity index (χ0) is 22.5. The summed E-state index contributed by atoms with van der Waals surface area (Å²) >= 11 is 0. The van der Waals surface area contributed by atoms with Crippen molar-refractivity contribution in [1.82, 2.24) is 20.6 Å². The second kappa shape index (κ2) is 9.26. The fourth-order valence-corrected chi connectivity index (χ4v) is 3.26. The minimum absolute atomic E-state index is 0.161. The van der Waals surface area contributed by atoms with E-state index in [1.807, 2.05) is 61.5 Å². The largest absolute Gasteiger partial charge is 0.273 e. The average molecular weight is 428 g/mol. The van der Waals surface area contributed by atoms with Gasteiger partial charge in [0.2, 0.25) is 0 Å². The standard InChI is InChI=1S/C25H21FN4O2/c1-17-11-13-19(14-12-17)23-21(16-30(29-23)15-18-7-3-2-4-8-18)25(32)28-27-24(31)20-9-5-6-10-22(20)26/h2-14,16H,15H2,1H3,(H,27,31)(H,28,32). The van der Waals surface area contributed by atoms with Crippen molar-refractivity contribution in [1.29, 1.82) is 0 Å². The summed E-state index contributed by atoms with van der Waals surface area (Å²) in [5, 5.41) is 4.61. The van der Waals surface area contributed by atoms with E-state index in [0.29, 0.717) is 17.8 Å². The molecule has 0 fully saturated rings. The summed E-state index contributed by atoms with van der Waals surface area (Å²) in [6, 6.07) is 23.0. The minimum atomic E-state index is -0.745. The zero-order valence-corrected chi connectivity index (χ0v) is 17.4. The SMILES string of the molecule is Cc1ccc(-c2nn(Cc3ccccc3)cc2C(=O)NNC(=O)c2ccccc2F)cc1. The van der Waals surface area contributed by atoms with Gasteiger partial charge in [0.25, 0.3) is 11.8 Å². The molecule has 3 aromatic carbocycles. The van der Waals surface area contributed by atoms with E-state index in [1.165, 1.54) is 18.2 Å². The molecule has 4 rings (SSSR count). The fourth-order valence-electron chi connectivity index (χ4n) is 3.26. The van der Waals surface area contributed by atoms with E-state index < -0.39 is 17.6 Å². The Labute approximate surface area is 184 Å². The number of amides is 2. The van der Waals surface area contributed by atoms with Gasteiger partial charge in [0.15, 0.2) is 0 Å². The topological polar surface area (TPSA) is 76.0 Å². The number of aryl methyl sites for hydroxylation is 1. The normalized spacial score (nSPS) is 10.6. The highest BCUT2D eigenvalue weighted by molar-refractivity contribution is 6.02. The molecule has 32 heavy (non-hydrogen) atoms. The van der Waals surface area contributed by atoms with Crippen molar-refractivity contribution < 1.29 is 14.0 Å². The van der Waals surface area contributed by atoms with Crippen LogP contribution in [0.2, 0.25) is 0 Å². The quantitative estimate of drug-likeness (QED) is 0.470. The third-order valence-corrected chi connectivity index (χ3v) is 4.93. The van der Waals surface area contributed by atoms with Gasteiger partial charge < -0.3 is 0 Å². The molecule has 160 valence electrons. The molecule has 0 radical (unpaired) electrons. The number of hydrogen-bond donors (Lipinski definition) is 2. The molecule has 2 N–H and O–H groups in total. The first-order chi connectivity index (χ1) is 15.5. The van der Waals surface area contributed by atoms with E-state index in [-0.39, 0.29) is 5.56 Å². The molecule has 0 saturated carbocycles. The van der Waals surface area contributed by atoms with Crippen LogP contribution in [0.25, 0.3) is 11.3 Å². The molecule has 1 heterocycles. The van der Waals surface area contributed by atoms with E-state index >= 15 is 0 Å². The number of nitrogens with one attached hydrogen (secondary N) is 2. The second-order valence-electron chi connectivity index (χ2n) is 7.33. The van der Waals surface area contributed by atoms with Crippen molar-refractivity contribution in [3.8, 4) is 11.3 Å². The summed E-state index contributed by atoms with van der Waals surface area (Å²) in [5.41, 5.74) is 8.14. The predicted octanol–water partition coefficient (Wildman–Crippen LogP) is 4.12. The molecule has 6 nitrogen and oxygen atoms in total. The first-order valence-corrected chi connectivity index (χ1v) is 10.0. The van der Waals surface area contributed by atoms with Crippen molar-refractivity contribution in [2.24, 2.45) is 0 Å². The number of rotatable bonds is 5. The lowest BCUT2D eigenvalue weighted by atomic mass is 10.1. The maximum atomic E-state index is 13.8. The van der Waals surface area contributed by atoms with Gasteiger partial charge >= 0.3 is 0 Å². The molecular weight excluding hydrogens is 407 g/mol. The van der Waals surface area contributed by atoms with Gasteiger partial charge in [0, 0.05) is 11.8 Å². The lowest BCUT2D eigenvalue weighted by Crippen LogP contribution is -2.42. The van der Waals surface area contributed by atoms with E-state index in [0.717, 1.165) is 16.7 Å². The van der Waals surface area contributed by atoms with Crippen LogP contribution in [0.1, 0.15) is 31.8 Å². The molecule has 7 heteroatoms. The van der Waals surface area contributed by atoms with Gasteiger partial charge in [-0.05, 0) is 24.6 Å². The molecule has 0 aliphatic carbocycles. The van der Waals surface area contributed by atoms with Gasteiger partial charge in [-0.3, -0.25) is 25.1 Å². The molecule has 0 aliphatic heterocycles. The maximum absolute atomic E-state index is 13.8. The monoisotopic (exact) mass is 428 g/mol. The summed E-state index contributed by atoms with van der Waals surface area (Å²) in [6.45, 7) is 2.46. The lowest BCUT2D eigenvalue weighted by Gasteiger charge is -2.08. The van der Waals surface area contributed by atoms with Gasteiger partial charge in [-0.2, -0.15) is 5.10 Å². The fraction of sp³-hybridized carbons (Fsp3) is 0.0800. The van der Waals surface area contributed by atoms with Gasteiger partial charge in [0.05, 0.1) is 17.7 Å². The van der Waals surface area contributed by atoms with Crippen molar-refractivity contribution in [2.75, 3.05) is 0 Å². The predicted molar refractivity (Wildman–Crippen MR) is 119 cm³/mol. The van der Waals surface area contributed by atoms with Crippen molar-refractivity contribution in [3.05, 3.63) is 113 Å². The molecule has 0 spiro atoms. The number of carbonyl (C=O) groups is 2. The number of aromatic nitrogens is 2. The van der Waals surface area contributed by atoms with Crippen LogP contribution in [-0.4, -0.2) is 21.6 Å². The Bertz CT molecular complexity index is 1250. The van der Waals surface area contributed by atoms with Gasteiger partial charge in [-0.1, -0.05) is 72.3 Å². The average Bonchev–Trinajstić information content (AvgIpc) is 3.22. The molecule has 2 amide bonds. The number of carbonyl (C=O) groups excluding carboxylic acids is 2. The van der Waals surface area contributed by atoms with Crippen LogP contribution in [0.15, 0.2) is 85.1 Å². The number of benzene rings is 3. The smallest absolute Gasteiger partial charge is 0.267 e. The van der Waals surface area contributed by atoms with Crippen molar-refractivity contribution in [3.63, 3.8) is 0 Å². The van der Waals surface area contributed by atoms with Crippen LogP contribution in [-0.2, 0) is 6.54 Å². The second-order valence-corrected chi connectivity index (χ2v) is 7.33. The Hall–Kier alpha value is -4.26. The first-order valence-electron chi connectivity index (χ1n) is 10.0. The summed E-state index contributed by atoms with van der Waals surface area (Å²) in [6.07, 6.45) is 1.63. The molecule has 0 unspecified atom stereocenters. The van der Waals surface area contributed by atoms with Crippen LogP contribution in [0, 0.1) is 12.7 Å². The number of hydrazine groups is 1. The Morgan fingerprint density at radius 1 is 0.844 bits per heavy atom. The number of hydrogen-bond acceptors (Lipinski definition) is 3. The summed E-state index contributed by atoms with van der Waals surface area (Å²) in [5.74, 6) is -1.97. The highest BCUT2D eigenvalue weighted by atomic mass is 19.1.